The molecule has 0 spiro atoms. The van der Waals surface area contributed by atoms with E-state index in [-0.39, 0.29) is 5.69 Å². The molecule has 3 rings (SSSR count). The third kappa shape index (κ3) is 1.08. The van der Waals surface area contributed by atoms with Gasteiger partial charge in [-0.3, -0.25) is 0 Å². The van der Waals surface area contributed by atoms with Gasteiger partial charge >= 0.3 is 5.69 Å². The quantitative estimate of drug-likeness (QED) is 0.599. The average molecular weight is 201 g/mol. The number of rotatable bonds is 1. The Hall–Kier alpha value is -2.37. The minimum Gasteiger partial charge on any atom is -0.344 e. The molecule has 0 aliphatic carbocycles. The highest BCUT2D eigenvalue weighted by Gasteiger charge is 2.08. The molecule has 0 aliphatic rings. The first kappa shape index (κ1) is 7.98. The molecule has 0 aliphatic heterocycles. The summed E-state index contributed by atoms with van der Waals surface area (Å²) in [6.45, 7) is 0. The highest BCUT2D eigenvalue weighted by molar-refractivity contribution is 5.81. The first-order valence-corrected chi connectivity index (χ1v) is 4.41. The Bertz CT molecular complexity index is 662. The predicted octanol–water partition coefficient (Wildman–Crippen LogP) is 0.437. The van der Waals surface area contributed by atoms with Crippen LogP contribution in [0.5, 0.6) is 0 Å². The minimum atomic E-state index is -0.224. The standard InChI is InChI=1S/C9H7N5O/c15-9-11-3-4-14(9)8-7-6(1-2-10-8)12-5-13-7/h1-5H,(H,11,15)(H,12,13). The van der Waals surface area contributed by atoms with E-state index in [1.807, 2.05) is 6.07 Å². The summed E-state index contributed by atoms with van der Waals surface area (Å²) in [7, 11) is 0. The van der Waals surface area contributed by atoms with E-state index < -0.39 is 0 Å². The summed E-state index contributed by atoms with van der Waals surface area (Å²) >= 11 is 0. The molecule has 0 bridgehead atoms. The van der Waals surface area contributed by atoms with Crippen molar-refractivity contribution >= 4 is 11.0 Å². The Morgan fingerprint density at radius 3 is 3.00 bits per heavy atom. The molecule has 3 aromatic heterocycles. The van der Waals surface area contributed by atoms with Gasteiger partial charge in [0.2, 0.25) is 0 Å². The Balaban J connectivity index is 2.41. The van der Waals surface area contributed by atoms with E-state index in [0.29, 0.717) is 11.3 Å². The van der Waals surface area contributed by atoms with Gasteiger partial charge in [0.05, 0.1) is 11.8 Å². The van der Waals surface area contributed by atoms with E-state index in [9.17, 15) is 4.79 Å². The van der Waals surface area contributed by atoms with Gasteiger partial charge in [-0.05, 0) is 6.07 Å². The van der Waals surface area contributed by atoms with Gasteiger partial charge in [-0.1, -0.05) is 0 Å². The van der Waals surface area contributed by atoms with Crippen LogP contribution in [0.25, 0.3) is 16.9 Å². The maximum atomic E-state index is 11.4. The number of aromatic amines is 2. The lowest BCUT2D eigenvalue weighted by Crippen LogP contribution is -2.15. The summed E-state index contributed by atoms with van der Waals surface area (Å²) in [5.74, 6) is 0.528. The van der Waals surface area contributed by atoms with Crippen molar-refractivity contribution in [2.45, 2.75) is 0 Å². The predicted molar refractivity (Wildman–Crippen MR) is 53.8 cm³/mol. The van der Waals surface area contributed by atoms with Crippen LogP contribution in [0.15, 0.2) is 35.8 Å². The van der Waals surface area contributed by atoms with Gasteiger partial charge < -0.3 is 9.97 Å². The summed E-state index contributed by atoms with van der Waals surface area (Å²) in [6.07, 6.45) is 6.40. The van der Waals surface area contributed by atoms with Crippen LogP contribution in [0.2, 0.25) is 0 Å². The fraction of sp³-hybridized carbons (Fsp3) is 0. The molecule has 0 amide bonds. The number of hydrogen-bond acceptors (Lipinski definition) is 3. The number of fused-ring (bicyclic) bond motifs is 1. The van der Waals surface area contributed by atoms with Crippen molar-refractivity contribution in [2.24, 2.45) is 0 Å². The van der Waals surface area contributed by atoms with E-state index in [1.54, 1.807) is 24.9 Å². The molecule has 15 heavy (non-hydrogen) atoms. The smallest absolute Gasteiger partial charge is 0.331 e. The number of pyridine rings is 1. The highest BCUT2D eigenvalue weighted by Crippen LogP contribution is 2.13. The Morgan fingerprint density at radius 1 is 1.27 bits per heavy atom. The maximum absolute atomic E-state index is 11.4. The van der Waals surface area contributed by atoms with Crippen molar-refractivity contribution in [3.8, 4) is 5.82 Å². The first-order chi connectivity index (χ1) is 7.36. The molecule has 0 aromatic carbocycles. The summed E-state index contributed by atoms with van der Waals surface area (Å²) in [6, 6.07) is 1.81. The molecule has 6 heteroatoms. The molecule has 6 nitrogen and oxygen atoms in total. The lowest BCUT2D eigenvalue weighted by Gasteiger charge is -1.99. The summed E-state index contributed by atoms with van der Waals surface area (Å²) in [5, 5.41) is 0. The fourth-order valence-corrected chi connectivity index (χ4v) is 1.52. The topological polar surface area (TPSA) is 79.4 Å². The van der Waals surface area contributed by atoms with Crippen LogP contribution in [0.1, 0.15) is 0 Å². The second-order valence-electron chi connectivity index (χ2n) is 3.07. The van der Waals surface area contributed by atoms with Gasteiger partial charge in [0.15, 0.2) is 5.82 Å². The summed E-state index contributed by atoms with van der Waals surface area (Å²) < 4.78 is 1.42. The molecule has 3 heterocycles. The van der Waals surface area contributed by atoms with Crippen molar-refractivity contribution in [1.29, 1.82) is 0 Å². The number of nitrogens with one attached hydrogen (secondary N) is 2. The SMILES string of the molecule is O=c1[nH]ccn1-c1nccc2[nH]cnc12. The lowest BCUT2D eigenvalue weighted by molar-refractivity contribution is 0.948. The number of H-pyrrole nitrogens is 2. The van der Waals surface area contributed by atoms with Gasteiger partial charge in [-0.25, -0.2) is 19.3 Å². The summed E-state index contributed by atoms with van der Waals surface area (Å²) in [5.41, 5.74) is 1.31. The average Bonchev–Trinajstić information content (AvgIpc) is 2.85. The number of imidazole rings is 2. The highest BCUT2D eigenvalue weighted by atomic mass is 16.1. The van der Waals surface area contributed by atoms with Crippen LogP contribution in [-0.2, 0) is 0 Å². The van der Waals surface area contributed by atoms with Crippen LogP contribution in [0, 0.1) is 0 Å². The van der Waals surface area contributed by atoms with E-state index in [2.05, 4.69) is 19.9 Å². The van der Waals surface area contributed by atoms with Crippen molar-refractivity contribution in [3.63, 3.8) is 0 Å². The van der Waals surface area contributed by atoms with Crippen molar-refractivity contribution < 1.29 is 0 Å². The third-order valence-corrected chi connectivity index (χ3v) is 2.20. The van der Waals surface area contributed by atoms with Crippen LogP contribution in [0.3, 0.4) is 0 Å². The van der Waals surface area contributed by atoms with E-state index in [1.165, 1.54) is 4.57 Å². The fourth-order valence-electron chi connectivity index (χ4n) is 1.52. The second-order valence-corrected chi connectivity index (χ2v) is 3.07. The number of hydrogen-bond donors (Lipinski definition) is 2. The number of nitrogens with zero attached hydrogens (tertiary/aromatic N) is 3. The molecule has 0 saturated carbocycles. The second kappa shape index (κ2) is 2.81. The molecule has 0 fully saturated rings. The molecular weight excluding hydrogens is 194 g/mol. The minimum absolute atomic E-state index is 0.224. The normalized spacial score (nSPS) is 10.9. The van der Waals surface area contributed by atoms with E-state index in [0.717, 1.165) is 5.52 Å². The zero-order chi connectivity index (χ0) is 10.3. The molecule has 0 unspecified atom stereocenters. The molecule has 74 valence electrons. The van der Waals surface area contributed by atoms with Crippen LogP contribution in [-0.4, -0.2) is 24.5 Å². The van der Waals surface area contributed by atoms with Crippen molar-refractivity contribution in [1.82, 2.24) is 24.5 Å². The van der Waals surface area contributed by atoms with Gasteiger partial charge in [0.25, 0.3) is 0 Å². The van der Waals surface area contributed by atoms with Crippen molar-refractivity contribution in [2.75, 3.05) is 0 Å². The number of aromatic nitrogens is 5. The lowest BCUT2D eigenvalue weighted by atomic mass is 10.4. The molecule has 0 atom stereocenters. The zero-order valence-corrected chi connectivity index (χ0v) is 7.64. The largest absolute Gasteiger partial charge is 0.344 e. The Kier molecular flexibility index (Phi) is 1.49. The van der Waals surface area contributed by atoms with Crippen molar-refractivity contribution in [3.05, 3.63) is 41.5 Å². The van der Waals surface area contributed by atoms with Crippen LogP contribution in [0.4, 0.5) is 0 Å². The Morgan fingerprint density at radius 2 is 2.20 bits per heavy atom. The van der Waals surface area contributed by atoms with Gasteiger partial charge in [-0.15, -0.1) is 0 Å². The van der Waals surface area contributed by atoms with E-state index in [4.69, 9.17) is 0 Å². The zero-order valence-electron chi connectivity index (χ0n) is 7.64. The molecule has 0 saturated heterocycles. The van der Waals surface area contributed by atoms with E-state index >= 15 is 0 Å². The third-order valence-electron chi connectivity index (χ3n) is 2.20. The molecule has 2 N–H and O–H groups in total. The van der Waals surface area contributed by atoms with Crippen LogP contribution >= 0.6 is 0 Å². The van der Waals surface area contributed by atoms with Crippen LogP contribution < -0.4 is 5.69 Å². The monoisotopic (exact) mass is 201 g/mol. The Labute approximate surface area is 83.6 Å². The molecule has 3 aromatic rings. The molecular formula is C9H7N5O. The summed E-state index contributed by atoms with van der Waals surface area (Å²) in [4.78, 5) is 25.2. The molecule has 0 radical (unpaired) electrons. The van der Waals surface area contributed by atoms with Gasteiger partial charge in [0.1, 0.15) is 5.52 Å². The van der Waals surface area contributed by atoms with Gasteiger partial charge in [0, 0.05) is 18.6 Å². The maximum Gasteiger partial charge on any atom is 0.331 e. The van der Waals surface area contributed by atoms with Gasteiger partial charge in [-0.2, -0.15) is 0 Å². The first-order valence-electron chi connectivity index (χ1n) is 4.41.